The summed E-state index contributed by atoms with van der Waals surface area (Å²) in [5.41, 5.74) is 5.26. The molecule has 0 spiro atoms. The first-order valence-electron chi connectivity index (χ1n) is 11.8. The minimum Gasteiger partial charge on any atom is -0.489 e. The summed E-state index contributed by atoms with van der Waals surface area (Å²) < 4.78 is 46.7. The summed E-state index contributed by atoms with van der Waals surface area (Å²) in [6.45, 7) is 1.72. The standard InChI is InChI=1S/C29H25ClFN3O4S/c1-21-2-12-26(13-3-21)34(39(36,37)28-16-10-25(31)11-17-28)19-29(35)33-32-18-22-6-14-27(15-7-22)38-20-23-4-8-24(30)9-5-23/h2-18H,19-20H2,1H3,(H,33,35)/b32-18-. The highest BCUT2D eigenvalue weighted by atomic mass is 35.5. The number of nitrogens with one attached hydrogen (secondary N) is 1. The number of hydrogen-bond acceptors (Lipinski definition) is 5. The highest BCUT2D eigenvalue weighted by molar-refractivity contribution is 7.92. The quantitative estimate of drug-likeness (QED) is 0.197. The molecule has 0 heterocycles. The lowest BCUT2D eigenvalue weighted by atomic mass is 10.2. The fourth-order valence-electron chi connectivity index (χ4n) is 3.50. The third-order valence-corrected chi connectivity index (χ3v) is 7.65. The van der Waals surface area contributed by atoms with Gasteiger partial charge in [-0.2, -0.15) is 5.10 Å². The Bertz CT molecular complexity index is 1540. The molecule has 0 aliphatic carbocycles. The van der Waals surface area contributed by atoms with E-state index >= 15 is 0 Å². The van der Waals surface area contributed by atoms with Gasteiger partial charge in [-0.15, -0.1) is 0 Å². The van der Waals surface area contributed by atoms with Crippen LogP contribution in [0, 0.1) is 12.7 Å². The monoisotopic (exact) mass is 565 g/mol. The summed E-state index contributed by atoms with van der Waals surface area (Å²) in [4.78, 5) is 12.6. The number of carbonyl (C=O) groups excluding carboxylic acids is 1. The SMILES string of the molecule is Cc1ccc(N(CC(=O)N/N=C\c2ccc(OCc3ccc(Cl)cc3)cc2)S(=O)(=O)c2ccc(F)cc2)cc1. The molecule has 0 saturated carbocycles. The maximum atomic E-state index is 13.4. The van der Waals surface area contributed by atoms with Gasteiger partial charge in [0.1, 0.15) is 24.7 Å². The molecule has 0 atom stereocenters. The van der Waals surface area contributed by atoms with Gasteiger partial charge in [0.15, 0.2) is 0 Å². The van der Waals surface area contributed by atoms with Crippen LogP contribution in [0.5, 0.6) is 5.75 Å². The molecule has 1 amide bonds. The fourth-order valence-corrected chi connectivity index (χ4v) is 5.05. The number of halogens is 2. The number of hydrazone groups is 1. The maximum Gasteiger partial charge on any atom is 0.264 e. The van der Waals surface area contributed by atoms with Gasteiger partial charge in [0.2, 0.25) is 0 Å². The number of rotatable bonds is 10. The van der Waals surface area contributed by atoms with Gasteiger partial charge < -0.3 is 4.74 Å². The van der Waals surface area contributed by atoms with Gasteiger partial charge in [0.05, 0.1) is 16.8 Å². The minimum absolute atomic E-state index is 0.140. The van der Waals surface area contributed by atoms with Crippen LogP contribution in [0.15, 0.2) is 107 Å². The van der Waals surface area contributed by atoms with E-state index in [0.717, 1.165) is 39.7 Å². The van der Waals surface area contributed by atoms with Crippen molar-refractivity contribution in [3.63, 3.8) is 0 Å². The van der Waals surface area contributed by atoms with Crippen molar-refractivity contribution in [3.05, 3.63) is 125 Å². The van der Waals surface area contributed by atoms with Crippen LogP contribution in [0.2, 0.25) is 5.02 Å². The van der Waals surface area contributed by atoms with E-state index in [2.05, 4.69) is 10.5 Å². The number of carbonyl (C=O) groups is 1. The van der Waals surface area contributed by atoms with Gasteiger partial charge in [-0.1, -0.05) is 41.4 Å². The van der Waals surface area contributed by atoms with E-state index in [1.165, 1.54) is 6.21 Å². The average Bonchev–Trinajstić information content (AvgIpc) is 2.93. The first-order valence-corrected chi connectivity index (χ1v) is 13.7. The van der Waals surface area contributed by atoms with Crippen molar-refractivity contribution in [1.82, 2.24) is 5.43 Å². The molecule has 10 heteroatoms. The normalized spacial score (nSPS) is 11.4. The molecule has 0 unspecified atom stereocenters. The zero-order chi connectivity index (χ0) is 27.8. The number of hydrogen-bond donors (Lipinski definition) is 1. The topological polar surface area (TPSA) is 88.1 Å². The summed E-state index contributed by atoms with van der Waals surface area (Å²) in [7, 11) is -4.16. The number of amides is 1. The van der Waals surface area contributed by atoms with E-state index in [1.54, 1.807) is 60.7 Å². The first kappa shape index (κ1) is 27.8. The molecule has 4 aromatic rings. The van der Waals surface area contributed by atoms with Gasteiger partial charge in [0.25, 0.3) is 15.9 Å². The molecule has 7 nitrogen and oxygen atoms in total. The third-order valence-electron chi connectivity index (χ3n) is 5.61. The Kier molecular flexibility index (Phi) is 8.96. The summed E-state index contributed by atoms with van der Waals surface area (Å²) in [6.07, 6.45) is 1.44. The van der Waals surface area contributed by atoms with E-state index in [4.69, 9.17) is 16.3 Å². The summed E-state index contributed by atoms with van der Waals surface area (Å²) >= 11 is 5.90. The maximum absolute atomic E-state index is 13.4. The molecule has 0 bridgehead atoms. The first-order chi connectivity index (χ1) is 18.7. The Balaban J connectivity index is 1.39. The van der Waals surface area contributed by atoms with Gasteiger partial charge in [-0.25, -0.2) is 18.2 Å². The van der Waals surface area contributed by atoms with Crippen LogP contribution in [0.3, 0.4) is 0 Å². The van der Waals surface area contributed by atoms with E-state index in [0.29, 0.717) is 28.6 Å². The molecular formula is C29H25ClFN3O4S. The lowest BCUT2D eigenvalue weighted by Crippen LogP contribution is -2.39. The smallest absolute Gasteiger partial charge is 0.264 e. The second kappa shape index (κ2) is 12.6. The second-order valence-corrected chi connectivity index (χ2v) is 10.9. The van der Waals surface area contributed by atoms with Crippen molar-refractivity contribution in [1.29, 1.82) is 0 Å². The number of sulfonamides is 1. The van der Waals surface area contributed by atoms with Crippen LogP contribution >= 0.6 is 11.6 Å². The number of nitrogens with zero attached hydrogens (tertiary/aromatic N) is 2. The average molecular weight is 566 g/mol. The molecule has 200 valence electrons. The predicted molar refractivity (Wildman–Crippen MR) is 150 cm³/mol. The van der Waals surface area contributed by atoms with Crippen LogP contribution in [0.4, 0.5) is 10.1 Å². The van der Waals surface area contributed by atoms with Crippen LogP contribution in [0.1, 0.15) is 16.7 Å². The summed E-state index contributed by atoms with van der Waals surface area (Å²) in [6, 6.07) is 25.5. The minimum atomic E-state index is -4.16. The molecule has 0 saturated heterocycles. The van der Waals surface area contributed by atoms with Crippen molar-refractivity contribution in [2.24, 2.45) is 5.10 Å². The molecule has 0 aliphatic rings. The zero-order valence-electron chi connectivity index (χ0n) is 20.9. The molecule has 39 heavy (non-hydrogen) atoms. The van der Waals surface area contributed by atoms with Crippen molar-refractivity contribution in [2.45, 2.75) is 18.4 Å². The van der Waals surface area contributed by atoms with Crippen molar-refractivity contribution < 1.29 is 22.3 Å². The van der Waals surface area contributed by atoms with Crippen LogP contribution < -0.4 is 14.5 Å². The van der Waals surface area contributed by atoms with Crippen LogP contribution in [-0.2, 0) is 21.4 Å². The zero-order valence-corrected chi connectivity index (χ0v) is 22.5. The van der Waals surface area contributed by atoms with E-state index in [1.807, 2.05) is 19.1 Å². The van der Waals surface area contributed by atoms with Crippen molar-refractivity contribution >= 4 is 39.4 Å². The molecule has 1 N–H and O–H groups in total. The van der Waals surface area contributed by atoms with E-state index < -0.39 is 28.3 Å². The van der Waals surface area contributed by atoms with Crippen LogP contribution in [-0.4, -0.2) is 27.1 Å². The van der Waals surface area contributed by atoms with E-state index in [-0.39, 0.29) is 4.90 Å². The Morgan fingerprint density at radius 3 is 2.23 bits per heavy atom. The highest BCUT2D eigenvalue weighted by Gasteiger charge is 2.27. The van der Waals surface area contributed by atoms with Crippen molar-refractivity contribution in [2.75, 3.05) is 10.8 Å². The summed E-state index contributed by atoms with van der Waals surface area (Å²) in [5, 5.41) is 4.61. The Labute approximate surface area is 231 Å². The Morgan fingerprint density at radius 2 is 1.59 bits per heavy atom. The molecule has 0 fully saturated rings. The van der Waals surface area contributed by atoms with Gasteiger partial charge in [0, 0.05) is 5.02 Å². The van der Waals surface area contributed by atoms with E-state index in [9.17, 15) is 17.6 Å². The number of anilines is 1. The molecule has 0 aliphatic heterocycles. The largest absolute Gasteiger partial charge is 0.489 e. The van der Waals surface area contributed by atoms with Gasteiger partial charge in [-0.05, 0) is 90.8 Å². The lowest BCUT2D eigenvalue weighted by Gasteiger charge is -2.23. The molecule has 0 radical (unpaired) electrons. The predicted octanol–water partition coefficient (Wildman–Crippen LogP) is 5.71. The van der Waals surface area contributed by atoms with Crippen LogP contribution in [0.25, 0.3) is 0 Å². The number of benzene rings is 4. The number of aryl methyl sites for hydroxylation is 1. The second-order valence-electron chi connectivity index (χ2n) is 8.58. The lowest BCUT2D eigenvalue weighted by molar-refractivity contribution is -0.119. The van der Waals surface area contributed by atoms with Crippen molar-refractivity contribution in [3.8, 4) is 5.75 Å². The van der Waals surface area contributed by atoms with Gasteiger partial charge >= 0.3 is 0 Å². The Morgan fingerprint density at radius 1 is 0.949 bits per heavy atom. The van der Waals surface area contributed by atoms with Gasteiger partial charge in [-0.3, -0.25) is 9.10 Å². The fraction of sp³-hybridized carbons (Fsp3) is 0.103. The third kappa shape index (κ3) is 7.66. The highest BCUT2D eigenvalue weighted by Crippen LogP contribution is 2.24. The Hall–Kier alpha value is -4.21. The molecule has 4 aromatic carbocycles. The summed E-state index contributed by atoms with van der Waals surface area (Å²) in [5.74, 6) is -0.560. The molecular weight excluding hydrogens is 541 g/mol. The molecule has 0 aromatic heterocycles. The molecule has 4 rings (SSSR count). The number of ether oxygens (including phenoxy) is 1.